The second kappa shape index (κ2) is 4.29. The maximum atomic E-state index is 5.47. The van der Waals surface area contributed by atoms with Crippen molar-refractivity contribution in [3.05, 3.63) is 36.0 Å². The SMILES string of the molecule is CCCOCc1cc2ccccc2[nH]1. The monoisotopic (exact) mass is 189 g/mol. The van der Waals surface area contributed by atoms with Crippen LogP contribution in [0.3, 0.4) is 0 Å². The normalized spacial score (nSPS) is 10.9. The maximum Gasteiger partial charge on any atom is 0.0866 e. The average Bonchev–Trinajstić information content (AvgIpc) is 2.60. The van der Waals surface area contributed by atoms with Crippen LogP contribution in [0.2, 0.25) is 0 Å². The molecule has 0 aliphatic heterocycles. The van der Waals surface area contributed by atoms with Gasteiger partial charge < -0.3 is 9.72 Å². The van der Waals surface area contributed by atoms with E-state index in [9.17, 15) is 0 Å². The first-order valence-corrected chi connectivity index (χ1v) is 5.04. The van der Waals surface area contributed by atoms with Crippen molar-refractivity contribution in [3.63, 3.8) is 0 Å². The van der Waals surface area contributed by atoms with Crippen LogP contribution in [0.1, 0.15) is 19.0 Å². The molecule has 0 fully saturated rings. The minimum Gasteiger partial charge on any atom is -0.375 e. The standard InChI is InChI=1S/C12H15NO/c1-2-7-14-9-11-8-10-5-3-4-6-12(10)13-11/h3-6,8,13H,2,7,9H2,1H3. The summed E-state index contributed by atoms with van der Waals surface area (Å²) in [4.78, 5) is 3.33. The maximum absolute atomic E-state index is 5.47. The van der Waals surface area contributed by atoms with Crippen LogP contribution in [-0.4, -0.2) is 11.6 Å². The topological polar surface area (TPSA) is 25.0 Å². The van der Waals surface area contributed by atoms with Gasteiger partial charge in [0.25, 0.3) is 0 Å². The number of rotatable bonds is 4. The Kier molecular flexibility index (Phi) is 2.84. The minimum absolute atomic E-state index is 0.683. The van der Waals surface area contributed by atoms with Crippen LogP contribution in [0.4, 0.5) is 0 Å². The molecule has 0 saturated heterocycles. The van der Waals surface area contributed by atoms with Crippen molar-refractivity contribution >= 4 is 10.9 Å². The van der Waals surface area contributed by atoms with E-state index in [1.54, 1.807) is 0 Å². The predicted octanol–water partition coefficient (Wildman–Crippen LogP) is 3.09. The lowest BCUT2D eigenvalue weighted by molar-refractivity contribution is 0.119. The van der Waals surface area contributed by atoms with Gasteiger partial charge in [0.1, 0.15) is 0 Å². The molecule has 1 heterocycles. The van der Waals surface area contributed by atoms with Gasteiger partial charge >= 0.3 is 0 Å². The quantitative estimate of drug-likeness (QED) is 0.734. The van der Waals surface area contributed by atoms with Crippen LogP contribution in [0.15, 0.2) is 30.3 Å². The highest BCUT2D eigenvalue weighted by Gasteiger charge is 1.98. The van der Waals surface area contributed by atoms with Crippen molar-refractivity contribution in [2.45, 2.75) is 20.0 Å². The number of nitrogens with one attached hydrogen (secondary N) is 1. The third-order valence-corrected chi connectivity index (χ3v) is 2.19. The molecule has 0 unspecified atom stereocenters. The number of benzene rings is 1. The van der Waals surface area contributed by atoms with E-state index in [2.05, 4.69) is 30.1 Å². The highest BCUT2D eigenvalue weighted by molar-refractivity contribution is 5.80. The lowest BCUT2D eigenvalue weighted by Crippen LogP contribution is -1.93. The number of aromatic nitrogens is 1. The van der Waals surface area contributed by atoms with Crippen LogP contribution < -0.4 is 0 Å². The zero-order chi connectivity index (χ0) is 9.80. The van der Waals surface area contributed by atoms with E-state index in [1.807, 2.05) is 12.1 Å². The number of ether oxygens (including phenoxy) is 1. The molecular formula is C12H15NO. The van der Waals surface area contributed by atoms with Gasteiger partial charge in [0.05, 0.1) is 6.61 Å². The molecule has 0 bridgehead atoms. The summed E-state index contributed by atoms with van der Waals surface area (Å²) in [6, 6.07) is 10.4. The van der Waals surface area contributed by atoms with Gasteiger partial charge in [-0.1, -0.05) is 25.1 Å². The molecule has 1 aromatic heterocycles. The highest BCUT2D eigenvalue weighted by atomic mass is 16.5. The summed E-state index contributed by atoms with van der Waals surface area (Å²) in [7, 11) is 0. The Morgan fingerprint density at radius 3 is 2.93 bits per heavy atom. The predicted molar refractivity (Wildman–Crippen MR) is 58.2 cm³/mol. The van der Waals surface area contributed by atoms with E-state index in [1.165, 1.54) is 10.9 Å². The zero-order valence-electron chi connectivity index (χ0n) is 8.42. The van der Waals surface area contributed by atoms with Crippen LogP contribution in [0.25, 0.3) is 10.9 Å². The van der Waals surface area contributed by atoms with Crippen LogP contribution >= 0.6 is 0 Å². The van der Waals surface area contributed by atoms with Crippen LogP contribution in [-0.2, 0) is 11.3 Å². The fourth-order valence-electron chi connectivity index (χ4n) is 1.54. The van der Waals surface area contributed by atoms with E-state index in [4.69, 9.17) is 4.74 Å². The molecule has 2 rings (SSSR count). The highest BCUT2D eigenvalue weighted by Crippen LogP contribution is 2.14. The summed E-state index contributed by atoms with van der Waals surface area (Å²) in [6.45, 7) is 3.63. The summed E-state index contributed by atoms with van der Waals surface area (Å²) >= 11 is 0. The molecule has 1 aromatic carbocycles. The van der Waals surface area contributed by atoms with Crippen LogP contribution in [0, 0.1) is 0 Å². The molecule has 0 amide bonds. The first-order valence-electron chi connectivity index (χ1n) is 5.04. The molecular weight excluding hydrogens is 174 g/mol. The Bertz CT molecular complexity index is 372. The summed E-state index contributed by atoms with van der Waals surface area (Å²) < 4.78 is 5.47. The van der Waals surface area contributed by atoms with Gasteiger partial charge in [-0.05, 0) is 23.9 Å². The second-order valence-electron chi connectivity index (χ2n) is 3.43. The molecule has 0 aliphatic rings. The van der Waals surface area contributed by atoms with Crippen molar-refractivity contribution in [1.29, 1.82) is 0 Å². The zero-order valence-corrected chi connectivity index (χ0v) is 8.42. The Labute approximate surface area is 83.9 Å². The van der Waals surface area contributed by atoms with Gasteiger partial charge in [-0.2, -0.15) is 0 Å². The summed E-state index contributed by atoms with van der Waals surface area (Å²) in [5.41, 5.74) is 2.34. The number of hydrogen-bond donors (Lipinski definition) is 1. The van der Waals surface area contributed by atoms with Gasteiger partial charge in [-0.3, -0.25) is 0 Å². The van der Waals surface area contributed by atoms with Crippen molar-refractivity contribution in [3.8, 4) is 0 Å². The molecule has 0 saturated carbocycles. The van der Waals surface area contributed by atoms with Crippen molar-refractivity contribution in [2.75, 3.05) is 6.61 Å². The number of para-hydroxylation sites is 1. The first-order chi connectivity index (χ1) is 6.90. The van der Waals surface area contributed by atoms with E-state index in [0.29, 0.717) is 6.61 Å². The summed E-state index contributed by atoms with van der Waals surface area (Å²) in [5.74, 6) is 0. The molecule has 14 heavy (non-hydrogen) atoms. The molecule has 1 N–H and O–H groups in total. The number of hydrogen-bond acceptors (Lipinski definition) is 1. The van der Waals surface area contributed by atoms with Gasteiger partial charge in [0.15, 0.2) is 0 Å². The van der Waals surface area contributed by atoms with E-state index >= 15 is 0 Å². The molecule has 2 nitrogen and oxygen atoms in total. The van der Waals surface area contributed by atoms with Crippen molar-refractivity contribution in [1.82, 2.24) is 4.98 Å². The Hall–Kier alpha value is -1.28. The smallest absolute Gasteiger partial charge is 0.0866 e. The van der Waals surface area contributed by atoms with E-state index < -0.39 is 0 Å². The van der Waals surface area contributed by atoms with Gasteiger partial charge in [0, 0.05) is 17.8 Å². The minimum atomic E-state index is 0.683. The van der Waals surface area contributed by atoms with Gasteiger partial charge in [-0.25, -0.2) is 0 Å². The van der Waals surface area contributed by atoms with Crippen molar-refractivity contribution < 1.29 is 4.74 Å². The summed E-state index contributed by atoms with van der Waals surface area (Å²) in [5, 5.41) is 1.25. The van der Waals surface area contributed by atoms with Gasteiger partial charge in [-0.15, -0.1) is 0 Å². The number of H-pyrrole nitrogens is 1. The lowest BCUT2D eigenvalue weighted by Gasteiger charge is -1.98. The summed E-state index contributed by atoms with van der Waals surface area (Å²) in [6.07, 6.45) is 1.07. The lowest BCUT2D eigenvalue weighted by atomic mass is 10.2. The van der Waals surface area contributed by atoms with E-state index in [0.717, 1.165) is 18.7 Å². The third kappa shape index (κ3) is 1.96. The third-order valence-electron chi connectivity index (χ3n) is 2.19. The molecule has 2 aromatic rings. The second-order valence-corrected chi connectivity index (χ2v) is 3.43. The fraction of sp³-hybridized carbons (Fsp3) is 0.333. The Balaban J connectivity index is 2.11. The first kappa shape index (κ1) is 9.28. The van der Waals surface area contributed by atoms with Crippen molar-refractivity contribution in [2.24, 2.45) is 0 Å². The fourth-order valence-corrected chi connectivity index (χ4v) is 1.54. The number of fused-ring (bicyclic) bond motifs is 1. The van der Waals surface area contributed by atoms with Gasteiger partial charge in [0.2, 0.25) is 0 Å². The molecule has 0 spiro atoms. The molecule has 0 radical (unpaired) electrons. The number of aromatic amines is 1. The largest absolute Gasteiger partial charge is 0.375 e. The molecule has 74 valence electrons. The molecule has 0 atom stereocenters. The average molecular weight is 189 g/mol. The Morgan fingerprint density at radius 1 is 1.29 bits per heavy atom. The Morgan fingerprint density at radius 2 is 2.14 bits per heavy atom. The van der Waals surface area contributed by atoms with Crippen LogP contribution in [0.5, 0.6) is 0 Å². The molecule has 2 heteroatoms. The van der Waals surface area contributed by atoms with E-state index in [-0.39, 0.29) is 0 Å². The molecule has 0 aliphatic carbocycles.